The predicted octanol–water partition coefficient (Wildman–Crippen LogP) is 1.24. The first kappa shape index (κ1) is 11.5. The molecule has 0 aromatic rings. The van der Waals surface area contributed by atoms with Crippen molar-refractivity contribution in [2.24, 2.45) is 5.92 Å². The molecule has 0 saturated carbocycles. The fourth-order valence-corrected chi connectivity index (χ4v) is 1.67. The third kappa shape index (κ3) is 4.61. The maximum atomic E-state index is 11.4. The largest absolute Gasteiger partial charge is 0.356 e. The molecular formula is C11H22N2O. The van der Waals surface area contributed by atoms with Crippen molar-refractivity contribution >= 4 is 5.91 Å². The lowest BCUT2D eigenvalue weighted by Gasteiger charge is -2.14. The Bertz CT molecular complexity index is 174. The predicted molar refractivity (Wildman–Crippen MR) is 58.1 cm³/mol. The normalized spacial score (nSPS) is 17.6. The van der Waals surface area contributed by atoms with Crippen LogP contribution >= 0.6 is 0 Å². The zero-order valence-electron chi connectivity index (χ0n) is 9.38. The van der Waals surface area contributed by atoms with Crippen molar-refractivity contribution in [1.82, 2.24) is 10.2 Å². The van der Waals surface area contributed by atoms with Crippen molar-refractivity contribution in [3.05, 3.63) is 0 Å². The van der Waals surface area contributed by atoms with E-state index in [0.717, 1.165) is 13.1 Å². The van der Waals surface area contributed by atoms with Crippen LogP contribution in [0.2, 0.25) is 0 Å². The van der Waals surface area contributed by atoms with E-state index in [2.05, 4.69) is 24.1 Å². The van der Waals surface area contributed by atoms with Crippen LogP contribution in [0, 0.1) is 5.92 Å². The van der Waals surface area contributed by atoms with Gasteiger partial charge in [-0.1, -0.05) is 13.8 Å². The summed E-state index contributed by atoms with van der Waals surface area (Å²) in [6.07, 6.45) is 3.26. The summed E-state index contributed by atoms with van der Waals surface area (Å²) >= 11 is 0. The van der Waals surface area contributed by atoms with Crippen molar-refractivity contribution in [3.8, 4) is 0 Å². The summed E-state index contributed by atoms with van der Waals surface area (Å²) in [7, 11) is 0. The summed E-state index contributed by atoms with van der Waals surface area (Å²) in [5.74, 6) is 0.747. The van der Waals surface area contributed by atoms with Gasteiger partial charge in [-0.2, -0.15) is 0 Å². The van der Waals surface area contributed by atoms with E-state index in [0.29, 0.717) is 12.3 Å². The van der Waals surface area contributed by atoms with Crippen LogP contribution in [0.15, 0.2) is 0 Å². The van der Waals surface area contributed by atoms with E-state index < -0.39 is 0 Å². The Morgan fingerprint density at radius 1 is 1.36 bits per heavy atom. The standard InChI is InChI=1S/C11H22N2O/c1-10(2)9-12-11(14)5-8-13-6-3-4-7-13/h10H,3-9H2,1-2H3,(H,12,14). The number of amides is 1. The number of carbonyl (C=O) groups excluding carboxylic acids is 1. The Balaban J connectivity index is 2.02. The van der Waals surface area contributed by atoms with Crippen LogP contribution < -0.4 is 5.32 Å². The summed E-state index contributed by atoms with van der Waals surface area (Å²) in [5.41, 5.74) is 0. The maximum Gasteiger partial charge on any atom is 0.221 e. The maximum absolute atomic E-state index is 11.4. The van der Waals surface area contributed by atoms with Crippen LogP contribution in [0.25, 0.3) is 0 Å². The Labute approximate surface area is 86.9 Å². The van der Waals surface area contributed by atoms with Gasteiger partial charge in [0.15, 0.2) is 0 Å². The topological polar surface area (TPSA) is 32.3 Å². The smallest absolute Gasteiger partial charge is 0.221 e. The number of hydrogen-bond acceptors (Lipinski definition) is 2. The van der Waals surface area contributed by atoms with Gasteiger partial charge in [-0.3, -0.25) is 4.79 Å². The van der Waals surface area contributed by atoms with Gasteiger partial charge < -0.3 is 10.2 Å². The third-order valence-corrected chi connectivity index (χ3v) is 2.56. The van der Waals surface area contributed by atoms with Crippen LogP contribution in [0.3, 0.4) is 0 Å². The number of rotatable bonds is 5. The monoisotopic (exact) mass is 198 g/mol. The minimum atomic E-state index is 0.200. The molecular weight excluding hydrogens is 176 g/mol. The van der Waals surface area contributed by atoms with Crippen molar-refractivity contribution < 1.29 is 4.79 Å². The molecule has 0 radical (unpaired) electrons. The van der Waals surface area contributed by atoms with Crippen LogP contribution in [-0.4, -0.2) is 37.0 Å². The molecule has 1 heterocycles. The van der Waals surface area contributed by atoms with Gasteiger partial charge in [-0.25, -0.2) is 0 Å². The summed E-state index contributed by atoms with van der Waals surface area (Å²) in [5, 5.41) is 2.94. The minimum absolute atomic E-state index is 0.200. The molecule has 0 spiro atoms. The summed E-state index contributed by atoms with van der Waals surface area (Å²) in [4.78, 5) is 13.7. The quantitative estimate of drug-likeness (QED) is 0.721. The van der Waals surface area contributed by atoms with Crippen LogP contribution in [0.1, 0.15) is 33.1 Å². The zero-order chi connectivity index (χ0) is 10.4. The number of nitrogens with zero attached hydrogens (tertiary/aromatic N) is 1. The highest BCUT2D eigenvalue weighted by Crippen LogP contribution is 2.07. The van der Waals surface area contributed by atoms with Gasteiger partial charge in [0.05, 0.1) is 0 Å². The molecule has 1 aliphatic heterocycles. The Morgan fingerprint density at radius 2 is 2.00 bits per heavy atom. The van der Waals surface area contributed by atoms with E-state index in [1.54, 1.807) is 0 Å². The molecule has 1 fully saturated rings. The van der Waals surface area contributed by atoms with Crippen molar-refractivity contribution in [2.75, 3.05) is 26.2 Å². The number of nitrogens with one attached hydrogen (secondary N) is 1. The molecule has 0 aliphatic carbocycles. The molecule has 3 nitrogen and oxygen atoms in total. The zero-order valence-corrected chi connectivity index (χ0v) is 9.38. The third-order valence-electron chi connectivity index (χ3n) is 2.56. The van der Waals surface area contributed by atoms with Gasteiger partial charge in [-0.15, -0.1) is 0 Å². The average Bonchev–Trinajstić information content (AvgIpc) is 2.63. The van der Waals surface area contributed by atoms with Gasteiger partial charge in [0.1, 0.15) is 0 Å². The number of likely N-dealkylation sites (tertiary alicyclic amines) is 1. The first-order valence-electron chi connectivity index (χ1n) is 5.67. The van der Waals surface area contributed by atoms with E-state index in [9.17, 15) is 4.79 Å². The fraction of sp³-hybridized carbons (Fsp3) is 0.909. The van der Waals surface area contributed by atoms with Gasteiger partial charge in [-0.05, 0) is 31.8 Å². The van der Waals surface area contributed by atoms with E-state index in [-0.39, 0.29) is 5.91 Å². The molecule has 0 bridgehead atoms. The van der Waals surface area contributed by atoms with Crippen LogP contribution in [0.4, 0.5) is 0 Å². The molecule has 1 aliphatic rings. The number of carbonyl (C=O) groups is 1. The highest BCUT2D eigenvalue weighted by molar-refractivity contribution is 5.76. The SMILES string of the molecule is CC(C)CNC(=O)CCN1CCCC1. The second-order valence-corrected chi connectivity index (χ2v) is 4.50. The average molecular weight is 198 g/mol. The molecule has 0 unspecified atom stereocenters. The molecule has 14 heavy (non-hydrogen) atoms. The molecule has 0 aromatic heterocycles. The highest BCUT2D eigenvalue weighted by atomic mass is 16.1. The Kier molecular flexibility index (Phi) is 4.94. The number of hydrogen-bond donors (Lipinski definition) is 1. The Morgan fingerprint density at radius 3 is 2.57 bits per heavy atom. The minimum Gasteiger partial charge on any atom is -0.356 e. The molecule has 1 saturated heterocycles. The summed E-state index contributed by atoms with van der Waals surface area (Å²) in [6.45, 7) is 8.32. The van der Waals surface area contributed by atoms with E-state index in [4.69, 9.17) is 0 Å². The van der Waals surface area contributed by atoms with Crippen molar-refractivity contribution in [1.29, 1.82) is 0 Å². The van der Waals surface area contributed by atoms with Gasteiger partial charge in [0.25, 0.3) is 0 Å². The lowest BCUT2D eigenvalue weighted by molar-refractivity contribution is -0.121. The molecule has 1 amide bonds. The first-order valence-corrected chi connectivity index (χ1v) is 5.67. The first-order chi connectivity index (χ1) is 6.68. The van der Waals surface area contributed by atoms with Gasteiger partial charge in [0, 0.05) is 19.5 Å². The molecule has 1 rings (SSSR count). The molecule has 0 aromatic carbocycles. The molecule has 1 N–H and O–H groups in total. The summed E-state index contributed by atoms with van der Waals surface area (Å²) in [6, 6.07) is 0. The van der Waals surface area contributed by atoms with Crippen molar-refractivity contribution in [2.45, 2.75) is 33.1 Å². The molecule has 3 heteroatoms. The highest BCUT2D eigenvalue weighted by Gasteiger charge is 2.12. The molecule has 82 valence electrons. The van der Waals surface area contributed by atoms with Crippen molar-refractivity contribution in [3.63, 3.8) is 0 Å². The summed E-state index contributed by atoms with van der Waals surface area (Å²) < 4.78 is 0. The van der Waals surface area contributed by atoms with E-state index in [1.165, 1.54) is 25.9 Å². The van der Waals surface area contributed by atoms with E-state index in [1.807, 2.05) is 0 Å². The van der Waals surface area contributed by atoms with Gasteiger partial charge in [0.2, 0.25) is 5.91 Å². The second-order valence-electron chi connectivity index (χ2n) is 4.50. The second kappa shape index (κ2) is 6.02. The fourth-order valence-electron chi connectivity index (χ4n) is 1.67. The van der Waals surface area contributed by atoms with E-state index >= 15 is 0 Å². The molecule has 0 atom stereocenters. The lowest BCUT2D eigenvalue weighted by Crippen LogP contribution is -2.31. The van der Waals surface area contributed by atoms with Gasteiger partial charge >= 0.3 is 0 Å². The van der Waals surface area contributed by atoms with Crippen LogP contribution in [0.5, 0.6) is 0 Å². The lowest BCUT2D eigenvalue weighted by atomic mass is 10.2. The van der Waals surface area contributed by atoms with Crippen LogP contribution in [-0.2, 0) is 4.79 Å². The Hall–Kier alpha value is -0.570.